The summed E-state index contributed by atoms with van der Waals surface area (Å²) in [6.45, 7) is 9.41. The van der Waals surface area contributed by atoms with Crippen molar-refractivity contribution >= 4 is 0 Å². The van der Waals surface area contributed by atoms with Crippen LogP contribution >= 0.6 is 0 Å². The van der Waals surface area contributed by atoms with Crippen LogP contribution in [0.3, 0.4) is 0 Å². The molecule has 0 aromatic rings. The van der Waals surface area contributed by atoms with Crippen LogP contribution in [0.1, 0.15) is 26.7 Å². The van der Waals surface area contributed by atoms with Crippen molar-refractivity contribution in [1.29, 1.82) is 0 Å². The number of hydrogen-bond donors (Lipinski definition) is 0. The summed E-state index contributed by atoms with van der Waals surface area (Å²) in [5, 5.41) is 0. The van der Waals surface area contributed by atoms with Gasteiger partial charge in [-0.15, -0.1) is 0 Å². The van der Waals surface area contributed by atoms with Gasteiger partial charge in [-0.3, -0.25) is 4.90 Å². The van der Waals surface area contributed by atoms with Gasteiger partial charge in [0.25, 0.3) is 0 Å². The van der Waals surface area contributed by atoms with Crippen LogP contribution in [-0.2, 0) is 4.74 Å². The molecule has 0 radical (unpaired) electrons. The van der Waals surface area contributed by atoms with Crippen molar-refractivity contribution in [2.24, 2.45) is 10.8 Å². The normalized spacial score (nSPS) is 34.4. The zero-order valence-electron chi connectivity index (χ0n) is 8.68. The second kappa shape index (κ2) is 2.29. The Morgan fingerprint density at radius 3 is 2.08 bits per heavy atom. The molecule has 2 spiro atoms. The lowest BCUT2D eigenvalue weighted by molar-refractivity contribution is -0.249. The number of ether oxygens (including phenoxy) is 1. The lowest BCUT2D eigenvalue weighted by Crippen LogP contribution is -2.70. The number of likely N-dealkylation sites (tertiary alicyclic amines) is 1. The molecule has 3 fully saturated rings. The second-order valence-corrected chi connectivity index (χ2v) is 5.85. The number of hydrogen-bond acceptors (Lipinski definition) is 2. The summed E-state index contributed by atoms with van der Waals surface area (Å²) in [6.07, 6.45) is 2.90. The van der Waals surface area contributed by atoms with Gasteiger partial charge >= 0.3 is 0 Å². The van der Waals surface area contributed by atoms with Crippen LogP contribution in [-0.4, -0.2) is 37.2 Å². The fraction of sp³-hybridized carbons (Fsp3) is 1.00. The smallest absolute Gasteiger partial charge is 0.0545 e. The van der Waals surface area contributed by atoms with Gasteiger partial charge in [-0.25, -0.2) is 0 Å². The monoisotopic (exact) mass is 181 g/mol. The molecule has 0 N–H and O–H groups in total. The van der Waals surface area contributed by atoms with Crippen molar-refractivity contribution in [2.75, 3.05) is 26.3 Å². The van der Waals surface area contributed by atoms with Gasteiger partial charge in [0.1, 0.15) is 0 Å². The molecule has 0 atom stereocenters. The van der Waals surface area contributed by atoms with E-state index in [9.17, 15) is 0 Å². The van der Waals surface area contributed by atoms with E-state index in [2.05, 4.69) is 18.7 Å². The molecule has 2 aliphatic heterocycles. The van der Waals surface area contributed by atoms with Crippen molar-refractivity contribution in [1.82, 2.24) is 4.90 Å². The van der Waals surface area contributed by atoms with Crippen LogP contribution in [0.4, 0.5) is 0 Å². The SMILES string of the molecule is CC(C)N1CC2(C1)CC1(COC1)C2. The van der Waals surface area contributed by atoms with Crippen molar-refractivity contribution in [3.05, 3.63) is 0 Å². The molecule has 2 heterocycles. The highest BCUT2D eigenvalue weighted by Crippen LogP contribution is 2.62. The molecule has 1 saturated carbocycles. The molecule has 0 amide bonds. The fourth-order valence-corrected chi connectivity index (χ4v) is 3.54. The Morgan fingerprint density at radius 2 is 1.69 bits per heavy atom. The number of nitrogens with zero attached hydrogens (tertiary/aromatic N) is 1. The zero-order valence-corrected chi connectivity index (χ0v) is 8.68. The molecule has 0 bridgehead atoms. The van der Waals surface area contributed by atoms with Gasteiger partial charge in [0.15, 0.2) is 0 Å². The second-order valence-electron chi connectivity index (χ2n) is 5.85. The first-order chi connectivity index (χ1) is 6.13. The quantitative estimate of drug-likeness (QED) is 0.608. The summed E-state index contributed by atoms with van der Waals surface area (Å²) in [6, 6.07) is 0.750. The molecule has 2 saturated heterocycles. The third-order valence-corrected chi connectivity index (χ3v) is 4.12. The van der Waals surface area contributed by atoms with Crippen LogP contribution in [0.5, 0.6) is 0 Å². The van der Waals surface area contributed by atoms with Gasteiger partial charge < -0.3 is 4.74 Å². The maximum Gasteiger partial charge on any atom is 0.0545 e. The Kier molecular flexibility index (Phi) is 1.45. The Hall–Kier alpha value is -0.0800. The third-order valence-electron chi connectivity index (χ3n) is 4.12. The van der Waals surface area contributed by atoms with Gasteiger partial charge in [-0.05, 0) is 32.1 Å². The zero-order chi connectivity index (χ0) is 9.10. The summed E-state index contributed by atoms with van der Waals surface area (Å²) in [5.41, 5.74) is 1.39. The molecule has 2 heteroatoms. The summed E-state index contributed by atoms with van der Waals surface area (Å²) >= 11 is 0. The van der Waals surface area contributed by atoms with Gasteiger partial charge in [-0.1, -0.05) is 0 Å². The average molecular weight is 181 g/mol. The maximum atomic E-state index is 5.30. The van der Waals surface area contributed by atoms with Crippen molar-refractivity contribution in [3.8, 4) is 0 Å². The summed E-state index contributed by atoms with van der Waals surface area (Å²) in [5.74, 6) is 0. The molecule has 0 aromatic heterocycles. The average Bonchev–Trinajstić information content (AvgIpc) is 1.76. The molecule has 13 heavy (non-hydrogen) atoms. The van der Waals surface area contributed by atoms with Crippen LogP contribution < -0.4 is 0 Å². The summed E-state index contributed by atoms with van der Waals surface area (Å²) < 4.78 is 5.30. The van der Waals surface area contributed by atoms with E-state index >= 15 is 0 Å². The van der Waals surface area contributed by atoms with Crippen molar-refractivity contribution in [3.63, 3.8) is 0 Å². The van der Waals surface area contributed by atoms with E-state index in [0.29, 0.717) is 5.41 Å². The van der Waals surface area contributed by atoms with Crippen LogP contribution in [0, 0.1) is 10.8 Å². The van der Waals surface area contributed by atoms with Crippen LogP contribution in [0.25, 0.3) is 0 Å². The molecule has 0 unspecified atom stereocenters. The van der Waals surface area contributed by atoms with E-state index in [4.69, 9.17) is 4.74 Å². The molecular weight excluding hydrogens is 162 g/mol. The first-order valence-electron chi connectivity index (χ1n) is 5.45. The Bertz CT molecular complexity index is 216. The third kappa shape index (κ3) is 1.02. The Labute approximate surface area is 80.2 Å². The predicted molar refractivity (Wildman–Crippen MR) is 51.6 cm³/mol. The Balaban J connectivity index is 1.54. The highest BCUT2D eigenvalue weighted by atomic mass is 16.5. The minimum atomic E-state index is 0.656. The predicted octanol–water partition coefficient (Wildman–Crippen LogP) is 1.51. The van der Waals surface area contributed by atoms with Crippen molar-refractivity contribution < 1.29 is 4.74 Å². The van der Waals surface area contributed by atoms with E-state index in [1.165, 1.54) is 25.9 Å². The molecule has 74 valence electrons. The summed E-state index contributed by atoms with van der Waals surface area (Å²) in [4.78, 5) is 2.59. The molecule has 1 aliphatic carbocycles. The highest BCUT2D eigenvalue weighted by molar-refractivity contribution is 5.13. The van der Waals surface area contributed by atoms with Gasteiger partial charge in [-0.2, -0.15) is 0 Å². The minimum absolute atomic E-state index is 0.656. The van der Waals surface area contributed by atoms with E-state index in [-0.39, 0.29) is 0 Å². The number of rotatable bonds is 1. The largest absolute Gasteiger partial charge is 0.380 e. The van der Waals surface area contributed by atoms with E-state index < -0.39 is 0 Å². The maximum absolute atomic E-state index is 5.30. The van der Waals surface area contributed by atoms with Crippen molar-refractivity contribution in [2.45, 2.75) is 32.7 Å². The van der Waals surface area contributed by atoms with Gasteiger partial charge in [0, 0.05) is 24.5 Å². The lowest BCUT2D eigenvalue weighted by Gasteiger charge is -2.67. The Morgan fingerprint density at radius 1 is 1.08 bits per heavy atom. The van der Waals surface area contributed by atoms with Crippen LogP contribution in [0.15, 0.2) is 0 Å². The van der Waals surface area contributed by atoms with Gasteiger partial charge in [0.05, 0.1) is 13.2 Å². The fourth-order valence-electron chi connectivity index (χ4n) is 3.54. The lowest BCUT2D eigenvalue weighted by atomic mass is 9.48. The summed E-state index contributed by atoms with van der Waals surface area (Å²) in [7, 11) is 0. The molecule has 2 nitrogen and oxygen atoms in total. The topological polar surface area (TPSA) is 12.5 Å². The first kappa shape index (κ1) is 8.25. The van der Waals surface area contributed by atoms with E-state index in [1.807, 2.05) is 0 Å². The van der Waals surface area contributed by atoms with E-state index in [1.54, 1.807) is 0 Å². The molecule has 3 aliphatic rings. The van der Waals surface area contributed by atoms with E-state index in [0.717, 1.165) is 24.7 Å². The molecule has 3 rings (SSSR count). The molecule has 0 aromatic carbocycles. The van der Waals surface area contributed by atoms with Crippen LogP contribution in [0.2, 0.25) is 0 Å². The van der Waals surface area contributed by atoms with Gasteiger partial charge in [0.2, 0.25) is 0 Å². The standard InChI is InChI=1S/C11H19NO/c1-9(2)12-5-10(6-12)3-11(4-10)7-13-8-11/h9H,3-8H2,1-2H3. The molecular formula is C11H19NO. The minimum Gasteiger partial charge on any atom is -0.380 e. The highest BCUT2D eigenvalue weighted by Gasteiger charge is 2.62. The first-order valence-corrected chi connectivity index (χ1v) is 5.45.